The number of hydrogen-bond donors (Lipinski definition) is 0. The highest BCUT2D eigenvalue weighted by atomic mass is 19.1. The summed E-state index contributed by atoms with van der Waals surface area (Å²) in [5.74, 6) is -0.141. The third-order valence-electron chi connectivity index (χ3n) is 4.91. The lowest BCUT2D eigenvalue weighted by atomic mass is 9.90. The fraction of sp³-hybridized carbons (Fsp3) is 0.300. The minimum absolute atomic E-state index is 0.0176. The van der Waals surface area contributed by atoms with Crippen molar-refractivity contribution in [3.05, 3.63) is 65.5 Å². The summed E-state index contributed by atoms with van der Waals surface area (Å²) < 4.78 is 13.2. The number of rotatable bonds is 3. The molecule has 1 fully saturated rings. The summed E-state index contributed by atoms with van der Waals surface area (Å²) in [4.78, 5) is 27.1. The number of para-hydroxylation sites is 1. The van der Waals surface area contributed by atoms with Crippen LogP contribution in [-0.2, 0) is 4.79 Å². The minimum atomic E-state index is -0.297. The van der Waals surface area contributed by atoms with Crippen LogP contribution in [0.1, 0.15) is 41.1 Å². The van der Waals surface area contributed by atoms with Gasteiger partial charge in [0, 0.05) is 18.5 Å². The van der Waals surface area contributed by atoms with E-state index in [2.05, 4.69) is 0 Å². The van der Waals surface area contributed by atoms with Crippen molar-refractivity contribution in [1.29, 1.82) is 0 Å². The molecule has 1 saturated carbocycles. The van der Waals surface area contributed by atoms with Crippen molar-refractivity contribution in [3.63, 3.8) is 0 Å². The maximum atomic E-state index is 13.3. The number of nitrogens with zero attached hydrogens (tertiary/aromatic N) is 1. The van der Waals surface area contributed by atoms with Gasteiger partial charge in [0.15, 0.2) is 5.78 Å². The van der Waals surface area contributed by atoms with Crippen LogP contribution in [-0.4, -0.2) is 18.2 Å². The van der Waals surface area contributed by atoms with Crippen molar-refractivity contribution in [1.82, 2.24) is 0 Å². The zero-order valence-corrected chi connectivity index (χ0v) is 13.2. The van der Waals surface area contributed by atoms with Crippen molar-refractivity contribution in [2.75, 3.05) is 11.4 Å². The fourth-order valence-corrected chi connectivity index (χ4v) is 3.53. The highest BCUT2D eigenvalue weighted by molar-refractivity contribution is 6.10. The Hall–Kier alpha value is -2.49. The first-order valence-electron chi connectivity index (χ1n) is 8.34. The van der Waals surface area contributed by atoms with Crippen molar-refractivity contribution >= 4 is 17.4 Å². The standard InChI is InChI=1S/C20H18FNO2/c21-15-9-7-14(8-10-15)19(13-5-6-13)20(24)22-12-11-18(23)16-3-1-2-4-17(16)22/h1-4,7-10,13,19H,5-6,11-12H2. The van der Waals surface area contributed by atoms with E-state index >= 15 is 0 Å². The molecule has 24 heavy (non-hydrogen) atoms. The summed E-state index contributed by atoms with van der Waals surface area (Å²) in [6.07, 6.45) is 2.38. The van der Waals surface area contributed by atoms with E-state index in [9.17, 15) is 14.0 Å². The number of amides is 1. The molecule has 4 heteroatoms. The zero-order chi connectivity index (χ0) is 16.7. The van der Waals surface area contributed by atoms with Crippen LogP contribution in [0.2, 0.25) is 0 Å². The Bertz CT molecular complexity index is 796. The lowest BCUT2D eigenvalue weighted by Gasteiger charge is -2.32. The molecule has 1 unspecified atom stereocenters. The third-order valence-corrected chi connectivity index (χ3v) is 4.91. The van der Waals surface area contributed by atoms with Gasteiger partial charge in [0.25, 0.3) is 0 Å². The SMILES string of the molecule is O=C1CCN(C(=O)C(c2ccc(F)cc2)C2CC2)c2ccccc21. The van der Waals surface area contributed by atoms with Gasteiger partial charge in [-0.3, -0.25) is 9.59 Å². The number of halogens is 1. The highest BCUT2D eigenvalue weighted by Gasteiger charge is 2.41. The molecule has 3 nitrogen and oxygen atoms in total. The second-order valence-corrected chi connectivity index (χ2v) is 6.55. The zero-order valence-electron chi connectivity index (χ0n) is 13.2. The smallest absolute Gasteiger partial charge is 0.234 e. The number of ketones is 1. The Labute approximate surface area is 140 Å². The maximum absolute atomic E-state index is 13.3. The van der Waals surface area contributed by atoms with Crippen molar-refractivity contribution in [3.8, 4) is 0 Å². The molecule has 1 aliphatic carbocycles. The van der Waals surface area contributed by atoms with Gasteiger partial charge in [-0.2, -0.15) is 0 Å². The number of carbonyl (C=O) groups is 2. The highest BCUT2D eigenvalue weighted by Crippen LogP contribution is 2.44. The third kappa shape index (κ3) is 2.62. The van der Waals surface area contributed by atoms with E-state index in [1.54, 1.807) is 23.1 Å². The van der Waals surface area contributed by atoms with Gasteiger partial charge in [0.1, 0.15) is 5.82 Å². The van der Waals surface area contributed by atoms with Gasteiger partial charge < -0.3 is 4.90 Å². The Morgan fingerprint density at radius 3 is 2.50 bits per heavy atom. The number of Topliss-reactive ketones (excluding diaryl/α,β-unsaturated/α-hetero) is 1. The summed E-state index contributed by atoms with van der Waals surface area (Å²) in [6.45, 7) is 0.416. The van der Waals surface area contributed by atoms with Crippen LogP contribution < -0.4 is 4.90 Å². The molecule has 0 bridgehead atoms. The molecule has 1 atom stereocenters. The van der Waals surface area contributed by atoms with Crippen molar-refractivity contribution < 1.29 is 14.0 Å². The van der Waals surface area contributed by atoms with E-state index in [-0.39, 0.29) is 23.4 Å². The quantitative estimate of drug-likeness (QED) is 0.858. The lowest BCUT2D eigenvalue weighted by Crippen LogP contribution is -2.41. The molecule has 2 aromatic rings. The molecule has 1 aliphatic heterocycles. The van der Waals surface area contributed by atoms with Crippen LogP contribution in [0.5, 0.6) is 0 Å². The predicted octanol–water partition coefficient (Wildman–Crippen LogP) is 3.94. The Balaban J connectivity index is 1.70. The predicted molar refractivity (Wildman–Crippen MR) is 89.6 cm³/mol. The van der Waals surface area contributed by atoms with E-state index in [1.807, 2.05) is 18.2 Å². The topological polar surface area (TPSA) is 37.4 Å². The number of hydrogen-bond acceptors (Lipinski definition) is 2. The molecule has 1 heterocycles. The summed E-state index contributed by atoms with van der Waals surface area (Å²) in [6, 6.07) is 13.5. The monoisotopic (exact) mass is 323 g/mol. The fourth-order valence-electron chi connectivity index (χ4n) is 3.53. The van der Waals surface area contributed by atoms with E-state index < -0.39 is 0 Å². The number of benzene rings is 2. The normalized spacial score (nSPS) is 18.2. The average Bonchev–Trinajstić information content (AvgIpc) is 3.42. The van der Waals surface area contributed by atoms with Gasteiger partial charge in [0.05, 0.1) is 11.6 Å². The van der Waals surface area contributed by atoms with Gasteiger partial charge in [-0.05, 0) is 48.6 Å². The van der Waals surface area contributed by atoms with E-state index in [1.165, 1.54) is 12.1 Å². The molecule has 4 rings (SSSR count). The van der Waals surface area contributed by atoms with Crippen molar-refractivity contribution in [2.45, 2.75) is 25.2 Å². The molecule has 0 N–H and O–H groups in total. The van der Waals surface area contributed by atoms with Crippen LogP contribution in [0.25, 0.3) is 0 Å². The average molecular weight is 323 g/mol. The Kier molecular flexibility index (Phi) is 3.68. The van der Waals surface area contributed by atoms with E-state index in [0.717, 1.165) is 18.4 Å². The lowest BCUT2D eigenvalue weighted by molar-refractivity contribution is -0.120. The van der Waals surface area contributed by atoms with Gasteiger partial charge in [-0.25, -0.2) is 4.39 Å². The van der Waals surface area contributed by atoms with Crippen LogP contribution in [0, 0.1) is 11.7 Å². The number of fused-ring (bicyclic) bond motifs is 1. The Morgan fingerprint density at radius 1 is 1.08 bits per heavy atom. The minimum Gasteiger partial charge on any atom is -0.311 e. The second-order valence-electron chi connectivity index (χ2n) is 6.55. The van der Waals surface area contributed by atoms with Crippen LogP contribution >= 0.6 is 0 Å². The van der Waals surface area contributed by atoms with E-state index in [4.69, 9.17) is 0 Å². The molecule has 0 saturated heterocycles. The molecule has 0 spiro atoms. The second kappa shape index (κ2) is 5.86. The van der Waals surface area contributed by atoms with Crippen LogP contribution in [0.15, 0.2) is 48.5 Å². The van der Waals surface area contributed by atoms with Crippen LogP contribution in [0.4, 0.5) is 10.1 Å². The van der Waals surface area contributed by atoms with Crippen LogP contribution in [0.3, 0.4) is 0 Å². The Morgan fingerprint density at radius 2 is 1.79 bits per heavy atom. The largest absolute Gasteiger partial charge is 0.311 e. The first-order valence-corrected chi connectivity index (χ1v) is 8.34. The van der Waals surface area contributed by atoms with Gasteiger partial charge in [0.2, 0.25) is 5.91 Å². The molecule has 2 aliphatic rings. The van der Waals surface area contributed by atoms with E-state index in [0.29, 0.717) is 30.1 Å². The van der Waals surface area contributed by atoms with Gasteiger partial charge in [-0.15, -0.1) is 0 Å². The molecule has 0 aromatic heterocycles. The molecule has 1 amide bonds. The first kappa shape index (κ1) is 15.1. The molecular weight excluding hydrogens is 305 g/mol. The maximum Gasteiger partial charge on any atom is 0.234 e. The summed E-state index contributed by atoms with van der Waals surface area (Å²) >= 11 is 0. The summed E-state index contributed by atoms with van der Waals surface area (Å²) in [7, 11) is 0. The molecule has 0 radical (unpaired) electrons. The summed E-state index contributed by atoms with van der Waals surface area (Å²) in [5, 5.41) is 0. The van der Waals surface area contributed by atoms with Gasteiger partial charge in [-0.1, -0.05) is 24.3 Å². The van der Waals surface area contributed by atoms with Gasteiger partial charge >= 0.3 is 0 Å². The number of anilines is 1. The molecule has 122 valence electrons. The molecular formula is C20H18FNO2. The number of carbonyl (C=O) groups excluding carboxylic acids is 2. The summed E-state index contributed by atoms with van der Waals surface area (Å²) in [5.41, 5.74) is 2.18. The van der Waals surface area contributed by atoms with Crippen molar-refractivity contribution in [2.24, 2.45) is 5.92 Å². The first-order chi connectivity index (χ1) is 11.6. The molecule has 2 aromatic carbocycles.